The van der Waals surface area contributed by atoms with Gasteiger partial charge < -0.3 is 5.32 Å². The molecule has 4 aromatic rings. The predicted molar refractivity (Wildman–Crippen MR) is 105 cm³/mol. The van der Waals surface area contributed by atoms with Crippen LogP contribution in [0.25, 0.3) is 22.0 Å². The van der Waals surface area contributed by atoms with E-state index in [1.165, 1.54) is 0 Å². The number of anilines is 2. The Bertz CT molecular complexity index is 1050. The quantitative estimate of drug-likeness (QED) is 0.430. The van der Waals surface area contributed by atoms with Crippen LogP contribution in [-0.2, 0) is 0 Å². The molecule has 0 atom stereocenters. The Balaban J connectivity index is 1.79. The fourth-order valence-corrected chi connectivity index (χ4v) is 3.01. The maximum atomic E-state index is 6.06. The monoisotopic (exact) mass is 410 g/mol. The van der Waals surface area contributed by atoms with Gasteiger partial charge in [0.15, 0.2) is 0 Å². The summed E-state index contributed by atoms with van der Waals surface area (Å²) >= 11 is 9.42. The smallest absolute Gasteiger partial charge is 0.141 e. The van der Waals surface area contributed by atoms with Crippen LogP contribution >= 0.6 is 27.5 Å². The Morgan fingerprint density at radius 2 is 1.76 bits per heavy atom. The molecule has 2 aromatic heterocycles. The highest BCUT2D eigenvalue weighted by molar-refractivity contribution is 9.10. The van der Waals surface area contributed by atoms with E-state index in [-0.39, 0.29) is 0 Å². The summed E-state index contributed by atoms with van der Waals surface area (Å²) in [6, 6.07) is 17.6. The molecule has 0 amide bonds. The van der Waals surface area contributed by atoms with Crippen molar-refractivity contribution in [2.45, 2.75) is 0 Å². The number of pyridine rings is 1. The van der Waals surface area contributed by atoms with Crippen LogP contribution in [0.4, 0.5) is 11.5 Å². The van der Waals surface area contributed by atoms with Gasteiger partial charge in [0.1, 0.15) is 16.7 Å². The van der Waals surface area contributed by atoms with Gasteiger partial charge in [0, 0.05) is 27.9 Å². The summed E-state index contributed by atoms with van der Waals surface area (Å²) < 4.78 is 0.809. The minimum atomic E-state index is 0.671. The molecule has 1 N–H and O–H groups in total. The molecular weight excluding hydrogens is 400 g/mol. The average molecular weight is 412 g/mol. The van der Waals surface area contributed by atoms with Crippen LogP contribution in [0.5, 0.6) is 0 Å². The molecule has 122 valence electrons. The Labute approximate surface area is 158 Å². The normalized spacial score (nSPS) is 10.8. The zero-order valence-electron chi connectivity index (χ0n) is 12.9. The maximum absolute atomic E-state index is 6.06. The Morgan fingerprint density at radius 3 is 2.56 bits per heavy atom. The molecule has 0 fully saturated rings. The van der Waals surface area contributed by atoms with Crippen molar-refractivity contribution >= 4 is 49.9 Å². The molecule has 2 heterocycles. The second-order valence-electron chi connectivity index (χ2n) is 5.46. The molecule has 0 aliphatic rings. The predicted octanol–water partition coefficient (Wildman–Crippen LogP) is 5.85. The van der Waals surface area contributed by atoms with E-state index in [0.717, 1.165) is 38.1 Å². The molecule has 25 heavy (non-hydrogen) atoms. The number of nitrogens with one attached hydrogen (secondary N) is 1. The number of halogens is 2. The van der Waals surface area contributed by atoms with E-state index in [4.69, 9.17) is 11.6 Å². The molecule has 0 aliphatic carbocycles. The summed E-state index contributed by atoms with van der Waals surface area (Å²) in [6.07, 6.45) is 3.38. The molecule has 0 bridgehead atoms. The highest BCUT2D eigenvalue weighted by Crippen LogP contribution is 2.29. The lowest BCUT2D eigenvalue weighted by molar-refractivity contribution is 1.22. The first kappa shape index (κ1) is 16.0. The van der Waals surface area contributed by atoms with E-state index in [1.54, 1.807) is 6.33 Å². The van der Waals surface area contributed by atoms with Crippen molar-refractivity contribution in [3.63, 3.8) is 0 Å². The van der Waals surface area contributed by atoms with Crippen LogP contribution in [0.15, 0.2) is 71.7 Å². The summed E-state index contributed by atoms with van der Waals surface area (Å²) in [5.74, 6) is 0.735. The SMILES string of the molecule is Clc1cccc(Nc2ncnc3ccc(-c4ccc(Br)nc4)cc23)c1. The van der Waals surface area contributed by atoms with Gasteiger partial charge in [-0.15, -0.1) is 0 Å². The highest BCUT2D eigenvalue weighted by atomic mass is 79.9. The minimum absolute atomic E-state index is 0.671. The van der Waals surface area contributed by atoms with Crippen LogP contribution in [0, 0.1) is 0 Å². The van der Waals surface area contributed by atoms with Gasteiger partial charge >= 0.3 is 0 Å². The molecule has 0 saturated heterocycles. The maximum Gasteiger partial charge on any atom is 0.141 e. The molecule has 0 aliphatic heterocycles. The van der Waals surface area contributed by atoms with Crippen LogP contribution < -0.4 is 5.32 Å². The Morgan fingerprint density at radius 1 is 0.880 bits per heavy atom. The number of nitrogens with zero attached hydrogens (tertiary/aromatic N) is 3. The van der Waals surface area contributed by atoms with E-state index in [0.29, 0.717) is 5.02 Å². The summed E-state index contributed by atoms with van der Waals surface area (Å²) in [6.45, 7) is 0. The van der Waals surface area contributed by atoms with E-state index in [1.807, 2.05) is 54.7 Å². The number of rotatable bonds is 3. The van der Waals surface area contributed by atoms with E-state index < -0.39 is 0 Å². The highest BCUT2D eigenvalue weighted by Gasteiger charge is 2.07. The van der Waals surface area contributed by atoms with Gasteiger partial charge in [0.05, 0.1) is 5.52 Å². The van der Waals surface area contributed by atoms with Gasteiger partial charge in [-0.2, -0.15) is 0 Å². The van der Waals surface area contributed by atoms with Gasteiger partial charge in [0.2, 0.25) is 0 Å². The van der Waals surface area contributed by atoms with E-state index >= 15 is 0 Å². The molecule has 0 saturated carbocycles. The third-order valence-electron chi connectivity index (χ3n) is 3.78. The van der Waals surface area contributed by atoms with Crippen LogP contribution in [0.1, 0.15) is 0 Å². The summed E-state index contributed by atoms with van der Waals surface area (Å²) in [4.78, 5) is 13.0. The van der Waals surface area contributed by atoms with Crippen molar-refractivity contribution < 1.29 is 0 Å². The molecule has 0 unspecified atom stereocenters. The van der Waals surface area contributed by atoms with Gasteiger partial charge in [-0.25, -0.2) is 15.0 Å². The zero-order chi connectivity index (χ0) is 17.2. The largest absolute Gasteiger partial charge is 0.340 e. The first-order valence-electron chi connectivity index (χ1n) is 7.58. The summed E-state index contributed by atoms with van der Waals surface area (Å²) in [5, 5.41) is 4.92. The average Bonchev–Trinajstić information content (AvgIpc) is 2.62. The van der Waals surface area contributed by atoms with Crippen LogP contribution in [-0.4, -0.2) is 15.0 Å². The third-order valence-corrected chi connectivity index (χ3v) is 4.49. The second kappa shape index (κ2) is 6.78. The van der Waals surface area contributed by atoms with Crippen molar-refractivity contribution in [1.29, 1.82) is 0 Å². The lowest BCUT2D eigenvalue weighted by Crippen LogP contribution is -1.96. The first-order valence-corrected chi connectivity index (χ1v) is 8.75. The van der Waals surface area contributed by atoms with Crippen molar-refractivity contribution in [1.82, 2.24) is 15.0 Å². The van der Waals surface area contributed by atoms with Crippen molar-refractivity contribution in [2.24, 2.45) is 0 Å². The standard InChI is InChI=1S/C19H12BrClN4/c20-18-7-5-13(10-22-18)12-4-6-17-16(8-12)19(24-11-23-17)25-15-3-1-2-14(21)9-15/h1-11H,(H,23,24,25). The van der Waals surface area contributed by atoms with Crippen LogP contribution in [0.2, 0.25) is 5.02 Å². The second-order valence-corrected chi connectivity index (χ2v) is 6.71. The first-order chi connectivity index (χ1) is 12.2. The molecule has 4 nitrogen and oxygen atoms in total. The molecule has 2 aromatic carbocycles. The van der Waals surface area contributed by atoms with Crippen molar-refractivity contribution in [3.8, 4) is 11.1 Å². The summed E-state index contributed by atoms with van der Waals surface area (Å²) in [5.41, 5.74) is 3.83. The Hall–Kier alpha value is -2.50. The fraction of sp³-hybridized carbons (Fsp3) is 0. The van der Waals surface area contributed by atoms with Gasteiger partial charge in [-0.3, -0.25) is 0 Å². The Kier molecular flexibility index (Phi) is 4.34. The van der Waals surface area contributed by atoms with E-state index in [9.17, 15) is 0 Å². The fourth-order valence-electron chi connectivity index (χ4n) is 2.59. The topological polar surface area (TPSA) is 50.7 Å². The number of benzene rings is 2. The molecular formula is C19H12BrClN4. The third kappa shape index (κ3) is 3.48. The van der Waals surface area contributed by atoms with Gasteiger partial charge in [0.25, 0.3) is 0 Å². The number of hydrogen-bond acceptors (Lipinski definition) is 4. The molecule has 6 heteroatoms. The van der Waals surface area contributed by atoms with Crippen molar-refractivity contribution in [3.05, 3.63) is 76.7 Å². The van der Waals surface area contributed by atoms with Crippen LogP contribution in [0.3, 0.4) is 0 Å². The number of hydrogen-bond donors (Lipinski definition) is 1. The molecule has 0 spiro atoms. The zero-order valence-corrected chi connectivity index (χ0v) is 15.3. The lowest BCUT2D eigenvalue weighted by Gasteiger charge is -2.10. The van der Waals surface area contributed by atoms with Crippen molar-refractivity contribution in [2.75, 3.05) is 5.32 Å². The van der Waals surface area contributed by atoms with E-state index in [2.05, 4.69) is 42.3 Å². The number of fused-ring (bicyclic) bond motifs is 1. The minimum Gasteiger partial charge on any atom is -0.340 e. The molecule has 4 rings (SSSR count). The molecule has 0 radical (unpaired) electrons. The number of aromatic nitrogens is 3. The van der Waals surface area contributed by atoms with Gasteiger partial charge in [-0.05, 0) is 57.9 Å². The van der Waals surface area contributed by atoms with Gasteiger partial charge in [-0.1, -0.05) is 29.8 Å². The summed E-state index contributed by atoms with van der Waals surface area (Å²) in [7, 11) is 0. The lowest BCUT2D eigenvalue weighted by atomic mass is 10.1.